The lowest BCUT2D eigenvalue weighted by atomic mass is 9.72. The Morgan fingerprint density at radius 3 is 2.42 bits per heavy atom. The van der Waals surface area contributed by atoms with Gasteiger partial charge >= 0.3 is 11.9 Å². The summed E-state index contributed by atoms with van der Waals surface area (Å²) >= 11 is 0. The van der Waals surface area contributed by atoms with Gasteiger partial charge in [0.25, 0.3) is 11.8 Å². The number of likely N-dealkylation sites (tertiary alicyclic amines) is 1. The van der Waals surface area contributed by atoms with E-state index in [2.05, 4.69) is 46.6 Å². The number of piperazine rings is 1. The smallest absolute Gasteiger partial charge is 0.335 e. The summed E-state index contributed by atoms with van der Waals surface area (Å²) in [7, 11) is 2.06. The number of likely N-dealkylation sites (N-methyl/N-ethyl adjacent to an activating group) is 1. The highest BCUT2D eigenvalue weighted by Crippen LogP contribution is 2.47. The third-order valence-electron chi connectivity index (χ3n) is 11.4. The van der Waals surface area contributed by atoms with Crippen molar-refractivity contribution in [2.45, 2.75) is 86.9 Å². The first-order valence-electron chi connectivity index (χ1n) is 17.7. The van der Waals surface area contributed by atoms with Gasteiger partial charge in [-0.1, -0.05) is 42.5 Å². The van der Waals surface area contributed by atoms with Gasteiger partial charge in [-0.05, 0) is 62.4 Å². The molecule has 9 atom stereocenters. The molecule has 5 heterocycles. The highest BCUT2D eigenvalue weighted by Gasteiger charge is 2.70. The van der Waals surface area contributed by atoms with Crippen molar-refractivity contribution in [2.24, 2.45) is 5.92 Å². The molecular formula is C37H43N5O11. The molecule has 3 amide bonds. The molecule has 4 fully saturated rings. The van der Waals surface area contributed by atoms with E-state index >= 15 is 0 Å². The van der Waals surface area contributed by atoms with Gasteiger partial charge in [-0.25, -0.2) is 9.59 Å². The Morgan fingerprint density at radius 2 is 1.74 bits per heavy atom. The van der Waals surface area contributed by atoms with Crippen LogP contribution >= 0.6 is 0 Å². The highest BCUT2D eigenvalue weighted by molar-refractivity contribution is 5.97. The maximum Gasteiger partial charge on any atom is 0.335 e. The number of aromatic amines is 1. The zero-order valence-corrected chi connectivity index (χ0v) is 29.2. The Balaban J connectivity index is 0.000000384. The fourth-order valence-electron chi connectivity index (χ4n) is 8.92. The summed E-state index contributed by atoms with van der Waals surface area (Å²) in [5, 5.41) is 48.8. The second kappa shape index (κ2) is 13.5. The number of aliphatic carboxylic acids is 2. The van der Waals surface area contributed by atoms with Crippen LogP contribution in [0.2, 0.25) is 0 Å². The zero-order valence-electron chi connectivity index (χ0n) is 29.2. The number of carboxylic acid groups (broad SMARTS) is 2. The Hall–Kier alpha value is -4.87. The number of amides is 3. The molecule has 4 saturated heterocycles. The van der Waals surface area contributed by atoms with Gasteiger partial charge in [-0.15, -0.1) is 0 Å². The van der Waals surface area contributed by atoms with Gasteiger partial charge in [-0.2, -0.15) is 0 Å². The minimum atomic E-state index is -2.27. The number of nitrogens with one attached hydrogen (secondary N) is 2. The molecule has 0 saturated carbocycles. The number of aliphatic hydroxyl groups excluding tert-OH is 2. The Morgan fingerprint density at radius 1 is 1.04 bits per heavy atom. The van der Waals surface area contributed by atoms with Crippen molar-refractivity contribution in [2.75, 3.05) is 20.1 Å². The van der Waals surface area contributed by atoms with Gasteiger partial charge in [0.2, 0.25) is 17.5 Å². The van der Waals surface area contributed by atoms with Crippen LogP contribution < -0.4 is 5.32 Å². The molecule has 0 radical (unpaired) electrons. The predicted molar refractivity (Wildman–Crippen MR) is 185 cm³/mol. The van der Waals surface area contributed by atoms with Gasteiger partial charge in [-0.3, -0.25) is 24.0 Å². The average molecular weight is 734 g/mol. The minimum absolute atomic E-state index is 0.171. The third kappa shape index (κ3) is 6.13. The van der Waals surface area contributed by atoms with Crippen molar-refractivity contribution in [3.63, 3.8) is 0 Å². The summed E-state index contributed by atoms with van der Waals surface area (Å²) in [5.41, 5.74) is 2.74. The van der Waals surface area contributed by atoms with Crippen molar-refractivity contribution < 1.29 is 54.2 Å². The van der Waals surface area contributed by atoms with E-state index in [-0.39, 0.29) is 36.1 Å². The average Bonchev–Trinajstić information content (AvgIpc) is 3.84. The molecular weight excluding hydrogens is 690 g/mol. The number of fused-ring (bicyclic) bond motifs is 5. The van der Waals surface area contributed by atoms with Gasteiger partial charge < -0.3 is 45.6 Å². The standard InChI is InChI=1S/C33H37N5O5.C4H6O6/c1-32(35-29(39)21-15-23-22-10-6-11-24-28(22)20(17-34-24)16-25(23)36(2)18-21)31(41)38-26(14-19-8-4-3-5-9-19)30(40)37-13-7-12-27(37)33(38,42)43-32;5-1(3(7)8)2(6)4(9)10/h3-6,8-11,17,21,23,25-27,34,42H,7,12-16,18H2,1-2H3,(H,35,39);1-2,5-6H,(H,7,8)(H,9,10)/t21?,23?,25?,26?,27?,32-,33+;/m1./s1. The quantitative estimate of drug-likeness (QED) is 0.170. The second-order valence-corrected chi connectivity index (χ2v) is 14.8. The molecule has 0 spiro atoms. The minimum Gasteiger partial charge on any atom is -0.479 e. The molecule has 3 aromatic rings. The van der Waals surface area contributed by atoms with E-state index < -0.39 is 53.8 Å². The molecule has 4 aliphatic heterocycles. The first-order chi connectivity index (χ1) is 25.1. The summed E-state index contributed by atoms with van der Waals surface area (Å²) < 4.78 is 6.25. The number of piperidine rings is 1. The topological polar surface area (TPSA) is 233 Å². The van der Waals surface area contributed by atoms with Crippen molar-refractivity contribution in [1.29, 1.82) is 0 Å². The van der Waals surface area contributed by atoms with Crippen LogP contribution in [-0.4, -0.2) is 137 Å². The molecule has 1 aliphatic carbocycles. The number of carboxylic acids is 2. The van der Waals surface area contributed by atoms with Crippen molar-refractivity contribution in [3.05, 3.63) is 71.4 Å². The van der Waals surface area contributed by atoms with E-state index in [1.165, 1.54) is 28.3 Å². The lowest BCUT2D eigenvalue weighted by molar-refractivity contribution is -0.315. The molecule has 8 rings (SSSR count). The highest BCUT2D eigenvalue weighted by atomic mass is 16.7. The molecule has 7 unspecified atom stereocenters. The van der Waals surface area contributed by atoms with Gasteiger partial charge in [0.15, 0.2) is 12.2 Å². The Bertz CT molecular complexity index is 1940. The maximum absolute atomic E-state index is 14.2. The van der Waals surface area contributed by atoms with Crippen LogP contribution in [0.25, 0.3) is 10.9 Å². The lowest BCUT2D eigenvalue weighted by Crippen LogP contribution is -2.71. The zero-order chi connectivity index (χ0) is 38.0. The number of hydrogen-bond donors (Lipinski definition) is 7. The number of H-pyrrole nitrogens is 1. The SMILES string of the molecule is CN1CC(C(=O)N[C@]2(C)O[C@@]3(O)C4CCCN4C(=O)C(Cc4ccccc4)N3C2=O)CC2c3cccc4[nH]cc(c34)CC21.O=C(O)C(O)C(O)C(=O)O. The van der Waals surface area contributed by atoms with Gasteiger partial charge in [0, 0.05) is 48.6 Å². The van der Waals surface area contributed by atoms with E-state index in [0.29, 0.717) is 32.4 Å². The summed E-state index contributed by atoms with van der Waals surface area (Å²) in [6, 6.07) is 14.4. The summed E-state index contributed by atoms with van der Waals surface area (Å²) in [5.74, 6) is -6.85. The number of carbonyl (C=O) groups is 5. The van der Waals surface area contributed by atoms with Crippen molar-refractivity contribution in [3.8, 4) is 0 Å². The Kier molecular flexibility index (Phi) is 9.31. The molecule has 1 aromatic heterocycles. The van der Waals surface area contributed by atoms with Crippen molar-refractivity contribution >= 4 is 40.6 Å². The molecule has 282 valence electrons. The monoisotopic (exact) mass is 733 g/mol. The van der Waals surface area contributed by atoms with E-state index in [4.69, 9.17) is 25.2 Å². The fourth-order valence-corrected chi connectivity index (χ4v) is 8.92. The number of ether oxygens (including phenoxy) is 1. The number of hydrogen-bond acceptors (Lipinski definition) is 10. The summed E-state index contributed by atoms with van der Waals surface area (Å²) in [4.78, 5) is 69.9. The van der Waals surface area contributed by atoms with Crippen LogP contribution in [-0.2, 0) is 41.6 Å². The molecule has 2 aromatic carbocycles. The number of aromatic nitrogens is 1. The van der Waals surface area contributed by atoms with Crippen LogP contribution in [0.4, 0.5) is 0 Å². The van der Waals surface area contributed by atoms with Gasteiger partial charge in [0.05, 0.1) is 5.92 Å². The van der Waals surface area contributed by atoms with Crippen LogP contribution in [0, 0.1) is 5.92 Å². The Labute approximate surface area is 303 Å². The van der Waals surface area contributed by atoms with Crippen molar-refractivity contribution in [1.82, 2.24) is 25.0 Å². The number of aliphatic hydroxyl groups is 3. The third-order valence-corrected chi connectivity index (χ3v) is 11.4. The fraction of sp³-hybridized carbons (Fsp3) is 0.486. The van der Waals surface area contributed by atoms with Gasteiger partial charge in [0.1, 0.15) is 12.1 Å². The second-order valence-electron chi connectivity index (χ2n) is 14.8. The van der Waals surface area contributed by atoms with Crippen LogP contribution in [0.1, 0.15) is 48.8 Å². The van der Waals surface area contributed by atoms with E-state index in [0.717, 1.165) is 17.5 Å². The molecule has 16 nitrogen and oxygen atoms in total. The summed E-state index contributed by atoms with van der Waals surface area (Å²) in [6.07, 6.45) is 0.594. The van der Waals surface area contributed by atoms with Crippen LogP contribution in [0.15, 0.2) is 54.7 Å². The predicted octanol–water partition coefficient (Wildman–Crippen LogP) is -0.0415. The number of rotatable bonds is 7. The molecule has 5 aliphatic rings. The largest absolute Gasteiger partial charge is 0.479 e. The lowest BCUT2D eigenvalue weighted by Gasteiger charge is -2.48. The van der Waals surface area contributed by atoms with E-state index in [9.17, 15) is 29.1 Å². The van der Waals surface area contributed by atoms with Crippen LogP contribution in [0.5, 0.6) is 0 Å². The molecule has 16 heteroatoms. The normalized spacial score (nSPS) is 31.5. The first kappa shape index (κ1) is 36.5. The van der Waals surface area contributed by atoms with E-state index in [1.54, 1.807) is 4.90 Å². The van der Waals surface area contributed by atoms with E-state index in [1.807, 2.05) is 30.3 Å². The summed E-state index contributed by atoms with van der Waals surface area (Å²) in [6.45, 7) is 2.56. The number of carbonyl (C=O) groups excluding carboxylic acids is 3. The van der Waals surface area contributed by atoms with Crippen LogP contribution in [0.3, 0.4) is 0 Å². The molecule has 0 bridgehead atoms. The maximum atomic E-state index is 14.2. The first-order valence-corrected chi connectivity index (χ1v) is 17.7. The number of benzene rings is 2. The molecule has 53 heavy (non-hydrogen) atoms. The number of nitrogens with zero attached hydrogens (tertiary/aromatic N) is 3. The molecule has 7 N–H and O–H groups in total.